The van der Waals surface area contributed by atoms with E-state index in [0.717, 1.165) is 6.20 Å². The molecule has 7 heteroatoms. The van der Waals surface area contributed by atoms with Gasteiger partial charge in [-0.15, -0.1) is 0 Å². The lowest BCUT2D eigenvalue weighted by Crippen LogP contribution is -2.13. The quantitative estimate of drug-likeness (QED) is 0.755. The van der Waals surface area contributed by atoms with Crippen LogP contribution in [0.3, 0.4) is 0 Å². The topological polar surface area (TPSA) is 49.3 Å². The molecule has 0 aromatic carbocycles. The monoisotopic (exact) mass is 225 g/mol. The summed E-state index contributed by atoms with van der Waals surface area (Å²) >= 11 is -0.307. The number of carboxylic acid groups (broad SMARTS) is 1. The molecule has 0 aliphatic carbocycles. The highest BCUT2D eigenvalue weighted by Crippen LogP contribution is 2.39. The summed E-state index contributed by atoms with van der Waals surface area (Å²) in [5.74, 6) is -1.22. The number of aliphatic carboxylic acids is 1. The fourth-order valence-electron chi connectivity index (χ4n) is 0.877. The van der Waals surface area contributed by atoms with Crippen LogP contribution in [0.15, 0.2) is 22.9 Å². The molecule has 78 valence electrons. The first-order chi connectivity index (χ1) is 6.38. The van der Waals surface area contributed by atoms with Crippen molar-refractivity contribution in [1.82, 2.24) is 5.32 Å². The molecule has 0 radical (unpaired) electrons. The van der Waals surface area contributed by atoms with Crippen LogP contribution in [-0.4, -0.2) is 16.6 Å². The molecular weight excluding hydrogens is 219 g/mol. The fraction of sp³-hybridized carbons (Fsp3) is 0.286. The summed E-state index contributed by atoms with van der Waals surface area (Å²) in [7, 11) is 0. The lowest BCUT2D eigenvalue weighted by atomic mass is 10.2. The Morgan fingerprint density at radius 1 is 1.50 bits per heavy atom. The molecule has 3 nitrogen and oxygen atoms in total. The Balaban J connectivity index is 2.60. The number of dihydropyridines is 1. The number of carboxylic acids is 1. The van der Waals surface area contributed by atoms with Crippen LogP contribution in [-0.2, 0) is 4.79 Å². The summed E-state index contributed by atoms with van der Waals surface area (Å²) < 4.78 is 35.7. The predicted octanol–water partition coefficient (Wildman–Crippen LogP) is 2.04. The Morgan fingerprint density at radius 2 is 2.14 bits per heavy atom. The molecule has 1 rings (SSSR count). The van der Waals surface area contributed by atoms with Crippen LogP contribution in [0, 0.1) is 0 Å². The number of thioether (sulfide) groups is 1. The molecule has 2 N–H and O–H groups in total. The Kier molecular flexibility index (Phi) is 3.10. The van der Waals surface area contributed by atoms with Crippen molar-refractivity contribution < 1.29 is 23.1 Å². The normalized spacial score (nSPS) is 16.8. The highest BCUT2D eigenvalue weighted by molar-refractivity contribution is 8.03. The number of hydrogen-bond acceptors (Lipinski definition) is 3. The van der Waals surface area contributed by atoms with E-state index in [9.17, 15) is 18.0 Å². The number of rotatable bonds is 2. The number of alkyl halides is 3. The number of carbonyl (C=O) groups is 1. The lowest BCUT2D eigenvalue weighted by Gasteiger charge is -2.13. The van der Waals surface area contributed by atoms with Gasteiger partial charge in [-0.25, -0.2) is 4.79 Å². The van der Waals surface area contributed by atoms with Gasteiger partial charge < -0.3 is 10.4 Å². The Labute approximate surface area is 81.7 Å². The van der Waals surface area contributed by atoms with Gasteiger partial charge in [-0.1, -0.05) is 0 Å². The third kappa shape index (κ3) is 3.33. The summed E-state index contributed by atoms with van der Waals surface area (Å²) in [6.45, 7) is 0. The molecule has 0 atom stereocenters. The van der Waals surface area contributed by atoms with Crippen LogP contribution in [0.25, 0.3) is 0 Å². The standard InChI is InChI=1S/C7H6F3NO2S/c8-7(9,10)14-5-1-4(6(12)13)2-11-3-5/h2-3,11H,1H2,(H,12,13). The first-order valence-corrected chi connectivity index (χ1v) is 4.33. The van der Waals surface area contributed by atoms with Crippen LogP contribution in [0.5, 0.6) is 0 Å². The van der Waals surface area contributed by atoms with Crippen molar-refractivity contribution in [3.05, 3.63) is 22.9 Å². The second-order valence-electron chi connectivity index (χ2n) is 2.48. The lowest BCUT2D eigenvalue weighted by molar-refractivity contribution is -0.132. The van der Waals surface area contributed by atoms with E-state index in [2.05, 4.69) is 5.32 Å². The number of hydrogen-bond donors (Lipinski definition) is 2. The van der Waals surface area contributed by atoms with E-state index in [1.165, 1.54) is 6.20 Å². The van der Waals surface area contributed by atoms with Gasteiger partial charge in [-0.2, -0.15) is 13.2 Å². The second-order valence-corrected chi connectivity index (χ2v) is 3.67. The van der Waals surface area contributed by atoms with Gasteiger partial charge in [-0.05, 0) is 11.8 Å². The van der Waals surface area contributed by atoms with Gasteiger partial charge >= 0.3 is 11.5 Å². The molecule has 14 heavy (non-hydrogen) atoms. The number of allylic oxidation sites excluding steroid dienone is 1. The minimum atomic E-state index is -4.38. The molecule has 1 heterocycles. The van der Waals surface area contributed by atoms with Crippen LogP contribution in [0.1, 0.15) is 6.42 Å². The molecule has 0 aromatic heterocycles. The molecule has 0 bridgehead atoms. The Bertz CT molecular complexity index is 309. The zero-order valence-corrected chi connectivity index (χ0v) is 7.58. The smallest absolute Gasteiger partial charge is 0.446 e. The van der Waals surface area contributed by atoms with Gasteiger partial charge in [0.25, 0.3) is 0 Å². The van der Waals surface area contributed by atoms with Crippen LogP contribution < -0.4 is 5.32 Å². The maximum atomic E-state index is 11.9. The van der Waals surface area contributed by atoms with Gasteiger partial charge in [0.1, 0.15) is 0 Å². The van der Waals surface area contributed by atoms with E-state index in [1.807, 2.05) is 0 Å². The zero-order chi connectivity index (χ0) is 10.8. The minimum Gasteiger partial charge on any atom is -0.478 e. The van der Waals surface area contributed by atoms with E-state index < -0.39 is 11.5 Å². The first-order valence-electron chi connectivity index (χ1n) is 3.51. The molecule has 0 saturated carbocycles. The Morgan fingerprint density at radius 3 is 2.64 bits per heavy atom. The molecule has 0 amide bonds. The maximum Gasteiger partial charge on any atom is 0.446 e. The Hall–Kier alpha value is -1.11. The molecule has 0 spiro atoms. The molecule has 0 aromatic rings. The van der Waals surface area contributed by atoms with Crippen molar-refractivity contribution in [1.29, 1.82) is 0 Å². The third-order valence-corrected chi connectivity index (χ3v) is 2.14. The van der Waals surface area contributed by atoms with Crippen molar-refractivity contribution in [3.63, 3.8) is 0 Å². The van der Waals surface area contributed by atoms with E-state index in [4.69, 9.17) is 5.11 Å². The summed E-state index contributed by atoms with van der Waals surface area (Å²) in [5, 5.41) is 10.9. The van der Waals surface area contributed by atoms with E-state index in [1.54, 1.807) is 0 Å². The van der Waals surface area contributed by atoms with Crippen molar-refractivity contribution in [2.75, 3.05) is 0 Å². The van der Waals surface area contributed by atoms with Gasteiger partial charge in [0.2, 0.25) is 0 Å². The highest BCUT2D eigenvalue weighted by Gasteiger charge is 2.31. The number of halogens is 3. The minimum absolute atomic E-state index is 0.0580. The van der Waals surface area contributed by atoms with E-state index in [-0.39, 0.29) is 28.7 Å². The molecule has 1 aliphatic rings. The number of nitrogens with one attached hydrogen (secondary N) is 1. The SMILES string of the molecule is O=C(O)C1=CNC=C(SC(F)(F)F)C1. The average molecular weight is 225 g/mol. The van der Waals surface area contributed by atoms with Crippen LogP contribution in [0.4, 0.5) is 13.2 Å². The molecule has 0 unspecified atom stereocenters. The highest BCUT2D eigenvalue weighted by atomic mass is 32.2. The van der Waals surface area contributed by atoms with Crippen molar-refractivity contribution in [3.8, 4) is 0 Å². The van der Waals surface area contributed by atoms with Crippen LogP contribution in [0.2, 0.25) is 0 Å². The van der Waals surface area contributed by atoms with E-state index in [0.29, 0.717) is 0 Å². The van der Waals surface area contributed by atoms with Crippen molar-refractivity contribution in [2.45, 2.75) is 11.9 Å². The fourth-order valence-corrected chi connectivity index (χ4v) is 1.53. The van der Waals surface area contributed by atoms with Gasteiger partial charge in [-0.3, -0.25) is 0 Å². The van der Waals surface area contributed by atoms with Gasteiger partial charge in [0.05, 0.1) is 5.57 Å². The summed E-state index contributed by atoms with van der Waals surface area (Å²) in [4.78, 5) is 10.4. The van der Waals surface area contributed by atoms with E-state index >= 15 is 0 Å². The van der Waals surface area contributed by atoms with Gasteiger partial charge in [0, 0.05) is 23.7 Å². The molecule has 0 saturated heterocycles. The maximum absolute atomic E-state index is 11.9. The second kappa shape index (κ2) is 3.95. The first kappa shape index (κ1) is 11.0. The third-order valence-electron chi connectivity index (χ3n) is 1.39. The summed E-state index contributed by atoms with van der Waals surface area (Å²) in [5.41, 5.74) is -4.46. The summed E-state index contributed by atoms with van der Waals surface area (Å²) in [6.07, 6.45) is 2.11. The average Bonchev–Trinajstić information content (AvgIpc) is 2.01. The van der Waals surface area contributed by atoms with Gasteiger partial charge in [0.15, 0.2) is 0 Å². The molecular formula is C7H6F3NO2S. The van der Waals surface area contributed by atoms with Crippen molar-refractivity contribution >= 4 is 17.7 Å². The predicted molar refractivity (Wildman–Crippen MR) is 45.2 cm³/mol. The largest absolute Gasteiger partial charge is 0.478 e. The van der Waals surface area contributed by atoms with Crippen molar-refractivity contribution in [2.24, 2.45) is 0 Å². The van der Waals surface area contributed by atoms with Crippen LogP contribution >= 0.6 is 11.8 Å². The molecule has 1 aliphatic heterocycles. The molecule has 0 fully saturated rings. The zero-order valence-electron chi connectivity index (χ0n) is 6.76. The summed E-state index contributed by atoms with van der Waals surface area (Å²) in [6, 6.07) is 0.